The van der Waals surface area contributed by atoms with Gasteiger partial charge >= 0.3 is 0 Å². The third-order valence-electron chi connectivity index (χ3n) is 6.48. The van der Waals surface area contributed by atoms with Crippen molar-refractivity contribution in [3.05, 3.63) is 53.1 Å². The molecule has 7 heteroatoms. The first-order valence-corrected chi connectivity index (χ1v) is 11.5. The highest BCUT2D eigenvalue weighted by Gasteiger charge is 2.32. The highest BCUT2D eigenvalue weighted by molar-refractivity contribution is 6.30. The van der Waals surface area contributed by atoms with Crippen molar-refractivity contribution in [2.75, 3.05) is 49.1 Å². The van der Waals surface area contributed by atoms with E-state index in [0.29, 0.717) is 0 Å². The molecule has 6 nitrogen and oxygen atoms in total. The fraction of sp³-hybridized carbons (Fsp3) is 0.417. The summed E-state index contributed by atoms with van der Waals surface area (Å²) >= 11 is 6.01. The van der Waals surface area contributed by atoms with E-state index in [9.17, 15) is 4.79 Å². The van der Waals surface area contributed by atoms with Crippen molar-refractivity contribution in [3.8, 4) is 0 Å². The number of hydrogen-bond donors (Lipinski definition) is 1. The summed E-state index contributed by atoms with van der Waals surface area (Å²) in [6, 6.07) is 14.2. The summed E-state index contributed by atoms with van der Waals surface area (Å²) in [4.78, 5) is 28.1. The Morgan fingerprint density at radius 1 is 1.03 bits per heavy atom. The number of hydrogen-bond acceptors (Lipinski definition) is 4. The van der Waals surface area contributed by atoms with E-state index in [1.165, 1.54) is 11.3 Å². The lowest BCUT2D eigenvalue weighted by atomic mass is 9.96. The number of nitrogens with one attached hydrogen (secondary N) is 1. The molecule has 1 aromatic heterocycles. The Balaban J connectivity index is 1.22. The number of nitrogens with zero attached hydrogens (tertiary/aromatic N) is 4. The van der Waals surface area contributed by atoms with Crippen molar-refractivity contribution < 1.29 is 4.79 Å². The van der Waals surface area contributed by atoms with E-state index in [1.54, 1.807) is 0 Å². The molecule has 0 spiro atoms. The maximum Gasteiger partial charge on any atom is 0.227 e. The minimum absolute atomic E-state index is 0.0331. The summed E-state index contributed by atoms with van der Waals surface area (Å²) in [7, 11) is 0. The number of carbonyl (C=O) groups excluding carboxylic acids is 1. The monoisotopic (exact) mass is 437 g/mol. The number of aryl methyl sites for hydroxylation is 1. The van der Waals surface area contributed by atoms with Crippen LogP contribution in [0.5, 0.6) is 0 Å². The van der Waals surface area contributed by atoms with Crippen molar-refractivity contribution >= 4 is 40.2 Å². The molecule has 1 N–H and O–H groups in total. The van der Waals surface area contributed by atoms with E-state index in [1.807, 2.05) is 29.2 Å². The van der Waals surface area contributed by atoms with Crippen LogP contribution in [-0.4, -0.2) is 60.0 Å². The predicted octanol–water partition coefficient (Wildman–Crippen LogP) is 4.09. The number of aromatic amines is 1. The van der Waals surface area contributed by atoms with Crippen LogP contribution in [0.15, 0.2) is 42.5 Å². The van der Waals surface area contributed by atoms with Crippen LogP contribution in [0.2, 0.25) is 5.02 Å². The quantitative estimate of drug-likeness (QED) is 0.670. The van der Waals surface area contributed by atoms with E-state index in [-0.39, 0.29) is 11.8 Å². The normalized spacial score (nSPS) is 19.8. The number of rotatable bonds is 3. The van der Waals surface area contributed by atoms with Gasteiger partial charge in [0.25, 0.3) is 0 Å². The molecule has 2 saturated heterocycles. The fourth-order valence-corrected chi connectivity index (χ4v) is 4.85. The molecule has 0 aliphatic carbocycles. The third kappa shape index (κ3) is 4.22. The first-order valence-electron chi connectivity index (χ1n) is 11.1. The summed E-state index contributed by atoms with van der Waals surface area (Å²) < 4.78 is 0. The van der Waals surface area contributed by atoms with Gasteiger partial charge in [-0.3, -0.25) is 4.79 Å². The number of anilines is 2. The molecule has 2 fully saturated rings. The number of halogens is 1. The number of piperazine rings is 1. The van der Waals surface area contributed by atoms with Crippen molar-refractivity contribution in [2.24, 2.45) is 5.92 Å². The van der Waals surface area contributed by atoms with Crippen LogP contribution in [0.4, 0.5) is 11.6 Å². The second-order valence-corrected chi connectivity index (χ2v) is 9.09. The average molecular weight is 438 g/mol. The molecule has 1 atom stereocenters. The van der Waals surface area contributed by atoms with Crippen LogP contribution in [0.25, 0.3) is 11.0 Å². The van der Waals surface area contributed by atoms with E-state index < -0.39 is 0 Å². The van der Waals surface area contributed by atoms with Gasteiger partial charge in [0, 0.05) is 50.0 Å². The zero-order valence-electron chi connectivity index (χ0n) is 17.9. The second-order valence-electron chi connectivity index (χ2n) is 8.65. The zero-order chi connectivity index (χ0) is 21.4. The highest BCUT2D eigenvalue weighted by Crippen LogP contribution is 2.26. The van der Waals surface area contributed by atoms with Crippen LogP contribution in [0.3, 0.4) is 0 Å². The van der Waals surface area contributed by atoms with Crippen molar-refractivity contribution in [3.63, 3.8) is 0 Å². The molecule has 0 bridgehead atoms. The standard InChI is InChI=1S/C24H28ClN5O/c1-17-4-9-21-22(15-17)27-24(26-21)30-10-2-3-18(16-30)23(31)29-13-11-28(12-14-29)20-7-5-19(25)6-8-20/h4-9,15,18H,2-3,10-14,16H2,1H3,(H,26,27)/t18-/m0/s1. The summed E-state index contributed by atoms with van der Waals surface area (Å²) in [5, 5.41) is 0.749. The fourth-order valence-electron chi connectivity index (χ4n) is 4.73. The van der Waals surface area contributed by atoms with E-state index in [0.717, 1.165) is 74.1 Å². The van der Waals surface area contributed by atoms with Gasteiger partial charge in [-0.25, -0.2) is 4.98 Å². The lowest BCUT2D eigenvalue weighted by Crippen LogP contribution is -2.52. The Hall–Kier alpha value is -2.73. The number of carbonyl (C=O) groups is 1. The van der Waals surface area contributed by atoms with Crippen molar-refractivity contribution in [1.29, 1.82) is 0 Å². The SMILES string of the molecule is Cc1ccc2nc(N3CCC[C@H](C(=O)N4CCN(c5ccc(Cl)cc5)CC4)C3)[nH]c2c1. The van der Waals surface area contributed by atoms with Gasteiger partial charge in [0.2, 0.25) is 11.9 Å². The van der Waals surface area contributed by atoms with Crippen molar-refractivity contribution in [2.45, 2.75) is 19.8 Å². The first kappa shape index (κ1) is 20.2. The second kappa shape index (κ2) is 8.42. The van der Waals surface area contributed by atoms with Gasteiger partial charge in [-0.05, 0) is 61.7 Å². The average Bonchev–Trinajstić information content (AvgIpc) is 3.23. The number of aromatic nitrogens is 2. The molecule has 31 heavy (non-hydrogen) atoms. The lowest BCUT2D eigenvalue weighted by molar-refractivity contribution is -0.136. The Labute approximate surface area is 187 Å². The number of piperidine rings is 1. The van der Waals surface area contributed by atoms with Gasteiger partial charge in [0.05, 0.1) is 17.0 Å². The van der Waals surface area contributed by atoms with Crippen LogP contribution in [0.1, 0.15) is 18.4 Å². The summed E-state index contributed by atoms with van der Waals surface area (Å²) in [5.41, 5.74) is 4.42. The number of H-pyrrole nitrogens is 1. The van der Waals surface area contributed by atoms with Crippen molar-refractivity contribution in [1.82, 2.24) is 14.9 Å². The van der Waals surface area contributed by atoms with Crippen LogP contribution >= 0.6 is 11.6 Å². The molecule has 1 amide bonds. The Morgan fingerprint density at radius 2 is 1.81 bits per heavy atom. The number of fused-ring (bicyclic) bond motifs is 1. The van der Waals surface area contributed by atoms with Gasteiger partial charge in [0.1, 0.15) is 0 Å². The van der Waals surface area contributed by atoms with Gasteiger partial charge in [-0.1, -0.05) is 17.7 Å². The number of amides is 1. The summed E-state index contributed by atoms with van der Waals surface area (Å²) in [6.45, 7) is 6.99. The molecule has 3 heterocycles. The minimum Gasteiger partial charge on any atom is -0.368 e. The number of benzene rings is 2. The lowest BCUT2D eigenvalue weighted by Gasteiger charge is -2.39. The van der Waals surface area contributed by atoms with Crippen LogP contribution in [-0.2, 0) is 4.79 Å². The largest absolute Gasteiger partial charge is 0.368 e. The van der Waals surface area contributed by atoms with E-state index in [2.05, 4.69) is 39.9 Å². The zero-order valence-corrected chi connectivity index (χ0v) is 18.6. The minimum atomic E-state index is 0.0331. The third-order valence-corrected chi connectivity index (χ3v) is 6.73. The molecule has 2 aliphatic rings. The Kier molecular flexibility index (Phi) is 5.48. The van der Waals surface area contributed by atoms with E-state index in [4.69, 9.17) is 16.6 Å². The highest BCUT2D eigenvalue weighted by atomic mass is 35.5. The Bertz CT molecular complexity index is 1070. The smallest absolute Gasteiger partial charge is 0.227 e. The molecule has 2 aromatic carbocycles. The predicted molar refractivity (Wildman–Crippen MR) is 126 cm³/mol. The van der Waals surface area contributed by atoms with Gasteiger partial charge < -0.3 is 19.7 Å². The topological polar surface area (TPSA) is 55.5 Å². The molecule has 0 unspecified atom stereocenters. The maximum absolute atomic E-state index is 13.3. The summed E-state index contributed by atoms with van der Waals surface area (Å²) in [5.74, 6) is 1.20. The molecule has 162 valence electrons. The molecular weight excluding hydrogens is 410 g/mol. The van der Waals surface area contributed by atoms with Gasteiger partial charge in [-0.15, -0.1) is 0 Å². The van der Waals surface area contributed by atoms with Crippen LogP contribution in [0, 0.1) is 12.8 Å². The molecular formula is C24H28ClN5O. The first-order chi connectivity index (χ1) is 15.1. The molecule has 3 aromatic rings. The molecule has 5 rings (SSSR count). The van der Waals surface area contributed by atoms with Gasteiger partial charge in [-0.2, -0.15) is 0 Å². The summed E-state index contributed by atoms with van der Waals surface area (Å²) in [6.07, 6.45) is 1.96. The number of imidazole rings is 1. The molecule has 0 saturated carbocycles. The molecule has 0 radical (unpaired) electrons. The molecule has 2 aliphatic heterocycles. The maximum atomic E-state index is 13.3. The van der Waals surface area contributed by atoms with Gasteiger partial charge in [0.15, 0.2) is 0 Å². The Morgan fingerprint density at radius 3 is 2.58 bits per heavy atom. The van der Waals surface area contributed by atoms with Crippen LogP contribution < -0.4 is 9.80 Å². The van der Waals surface area contributed by atoms with E-state index >= 15 is 0 Å².